The molecule has 2 aromatic rings. The summed E-state index contributed by atoms with van der Waals surface area (Å²) >= 11 is 0. The van der Waals surface area contributed by atoms with Gasteiger partial charge in [0.05, 0.1) is 0 Å². The summed E-state index contributed by atoms with van der Waals surface area (Å²) in [5.41, 5.74) is 1.47. The van der Waals surface area contributed by atoms with E-state index in [-0.39, 0.29) is 12.6 Å². The van der Waals surface area contributed by atoms with E-state index in [0.717, 1.165) is 18.2 Å². The quantitative estimate of drug-likeness (QED) is 0.877. The smallest absolute Gasteiger partial charge is 0.163 e. The van der Waals surface area contributed by atoms with Gasteiger partial charge in [0.25, 0.3) is 0 Å². The SMILES string of the molecule is CN(C)CC(NCc1cccc(F)c1F)c1ccccc1. The van der Waals surface area contributed by atoms with Crippen LogP contribution in [0.4, 0.5) is 8.78 Å². The first-order chi connectivity index (χ1) is 10.1. The molecule has 0 aromatic heterocycles. The van der Waals surface area contributed by atoms with Gasteiger partial charge in [-0.05, 0) is 25.7 Å². The molecule has 1 N–H and O–H groups in total. The van der Waals surface area contributed by atoms with E-state index in [4.69, 9.17) is 0 Å². The van der Waals surface area contributed by atoms with Crippen LogP contribution in [-0.4, -0.2) is 25.5 Å². The number of likely N-dealkylation sites (N-methyl/N-ethyl adjacent to an activating group) is 1. The lowest BCUT2D eigenvalue weighted by Gasteiger charge is -2.23. The number of hydrogen-bond donors (Lipinski definition) is 1. The first kappa shape index (κ1) is 15.6. The third-order valence-electron chi connectivity index (χ3n) is 3.32. The predicted molar refractivity (Wildman–Crippen MR) is 80.9 cm³/mol. The van der Waals surface area contributed by atoms with Crippen LogP contribution in [0.25, 0.3) is 0 Å². The van der Waals surface area contributed by atoms with Crippen molar-refractivity contribution in [2.75, 3.05) is 20.6 Å². The second kappa shape index (κ2) is 7.29. The molecule has 112 valence electrons. The van der Waals surface area contributed by atoms with Gasteiger partial charge < -0.3 is 10.2 Å². The van der Waals surface area contributed by atoms with Crippen LogP contribution in [0.2, 0.25) is 0 Å². The molecular formula is C17H20F2N2. The Morgan fingerprint density at radius 1 is 1.00 bits per heavy atom. The van der Waals surface area contributed by atoms with Crippen LogP contribution in [0.5, 0.6) is 0 Å². The average Bonchev–Trinajstić information content (AvgIpc) is 2.48. The molecule has 2 nitrogen and oxygen atoms in total. The molecule has 0 radical (unpaired) electrons. The Morgan fingerprint density at radius 2 is 1.71 bits per heavy atom. The van der Waals surface area contributed by atoms with Gasteiger partial charge in [0, 0.05) is 24.7 Å². The molecule has 0 bridgehead atoms. The molecule has 0 aliphatic rings. The minimum absolute atomic E-state index is 0.0591. The lowest BCUT2D eigenvalue weighted by Crippen LogP contribution is -2.31. The van der Waals surface area contributed by atoms with E-state index in [9.17, 15) is 8.78 Å². The summed E-state index contributed by atoms with van der Waals surface area (Å²) in [6.07, 6.45) is 0. The van der Waals surface area contributed by atoms with Crippen LogP contribution in [0.15, 0.2) is 48.5 Å². The van der Waals surface area contributed by atoms with Crippen molar-refractivity contribution in [1.82, 2.24) is 10.2 Å². The molecule has 1 unspecified atom stereocenters. The second-order valence-corrected chi connectivity index (χ2v) is 5.32. The van der Waals surface area contributed by atoms with Crippen LogP contribution in [-0.2, 0) is 6.54 Å². The van der Waals surface area contributed by atoms with Crippen molar-refractivity contribution in [2.45, 2.75) is 12.6 Å². The van der Waals surface area contributed by atoms with Gasteiger partial charge in [0.15, 0.2) is 11.6 Å². The van der Waals surface area contributed by atoms with Gasteiger partial charge in [-0.1, -0.05) is 42.5 Å². The number of hydrogen-bond acceptors (Lipinski definition) is 2. The number of halogens is 2. The van der Waals surface area contributed by atoms with E-state index >= 15 is 0 Å². The van der Waals surface area contributed by atoms with Crippen molar-refractivity contribution in [3.63, 3.8) is 0 Å². The highest BCUT2D eigenvalue weighted by Gasteiger charge is 2.14. The molecule has 0 amide bonds. The largest absolute Gasteiger partial charge is 0.308 e. The van der Waals surface area contributed by atoms with Crippen LogP contribution in [0.3, 0.4) is 0 Å². The Balaban J connectivity index is 2.11. The number of benzene rings is 2. The van der Waals surface area contributed by atoms with Crippen LogP contribution in [0, 0.1) is 11.6 Å². The zero-order valence-corrected chi connectivity index (χ0v) is 12.3. The summed E-state index contributed by atoms with van der Waals surface area (Å²) < 4.78 is 26.9. The highest BCUT2D eigenvalue weighted by Crippen LogP contribution is 2.16. The number of nitrogens with one attached hydrogen (secondary N) is 1. The maximum absolute atomic E-state index is 13.7. The van der Waals surface area contributed by atoms with E-state index in [2.05, 4.69) is 10.2 Å². The molecule has 0 heterocycles. The normalized spacial score (nSPS) is 12.6. The summed E-state index contributed by atoms with van der Waals surface area (Å²) in [6.45, 7) is 1.07. The highest BCUT2D eigenvalue weighted by atomic mass is 19.2. The van der Waals surface area contributed by atoms with E-state index in [0.29, 0.717) is 5.56 Å². The molecule has 0 aliphatic carbocycles. The minimum atomic E-state index is -0.807. The molecule has 2 rings (SSSR count). The molecular weight excluding hydrogens is 270 g/mol. The van der Waals surface area contributed by atoms with Gasteiger partial charge >= 0.3 is 0 Å². The zero-order valence-electron chi connectivity index (χ0n) is 12.3. The zero-order chi connectivity index (χ0) is 15.2. The van der Waals surface area contributed by atoms with Crippen molar-refractivity contribution in [2.24, 2.45) is 0 Å². The molecule has 2 aromatic carbocycles. The summed E-state index contributed by atoms with van der Waals surface area (Å²) in [6, 6.07) is 14.3. The highest BCUT2D eigenvalue weighted by molar-refractivity contribution is 5.22. The first-order valence-electron chi connectivity index (χ1n) is 6.94. The Labute approximate surface area is 124 Å². The lowest BCUT2D eigenvalue weighted by atomic mass is 10.1. The van der Waals surface area contributed by atoms with Gasteiger partial charge in [-0.25, -0.2) is 8.78 Å². The van der Waals surface area contributed by atoms with Crippen molar-refractivity contribution in [1.29, 1.82) is 0 Å². The Hall–Kier alpha value is -1.78. The van der Waals surface area contributed by atoms with Gasteiger partial charge in [0.2, 0.25) is 0 Å². The Morgan fingerprint density at radius 3 is 2.38 bits per heavy atom. The van der Waals surface area contributed by atoms with E-state index in [1.807, 2.05) is 44.4 Å². The van der Waals surface area contributed by atoms with Crippen molar-refractivity contribution >= 4 is 0 Å². The monoisotopic (exact) mass is 290 g/mol. The summed E-state index contributed by atoms with van der Waals surface area (Å²) in [4.78, 5) is 2.06. The maximum Gasteiger partial charge on any atom is 0.163 e. The van der Waals surface area contributed by atoms with Crippen molar-refractivity contribution in [3.05, 3.63) is 71.3 Å². The number of rotatable bonds is 6. The topological polar surface area (TPSA) is 15.3 Å². The maximum atomic E-state index is 13.7. The standard InChI is InChI=1S/C17H20F2N2/c1-21(2)12-16(13-7-4-3-5-8-13)20-11-14-9-6-10-15(18)17(14)19/h3-10,16,20H,11-12H2,1-2H3. The molecule has 1 atom stereocenters. The molecule has 0 spiro atoms. The molecule has 4 heteroatoms. The van der Waals surface area contributed by atoms with E-state index < -0.39 is 11.6 Å². The molecule has 0 fully saturated rings. The first-order valence-corrected chi connectivity index (χ1v) is 6.94. The van der Waals surface area contributed by atoms with Crippen molar-refractivity contribution in [3.8, 4) is 0 Å². The van der Waals surface area contributed by atoms with Crippen LogP contribution in [0.1, 0.15) is 17.2 Å². The van der Waals surface area contributed by atoms with Gasteiger partial charge in [-0.15, -0.1) is 0 Å². The third-order valence-corrected chi connectivity index (χ3v) is 3.32. The lowest BCUT2D eigenvalue weighted by molar-refractivity contribution is 0.339. The molecule has 0 saturated carbocycles. The minimum Gasteiger partial charge on any atom is -0.308 e. The average molecular weight is 290 g/mol. The van der Waals surface area contributed by atoms with Gasteiger partial charge in [0.1, 0.15) is 0 Å². The third kappa shape index (κ3) is 4.34. The number of nitrogens with zero attached hydrogens (tertiary/aromatic N) is 1. The summed E-state index contributed by atoms with van der Waals surface area (Å²) in [5.74, 6) is -1.58. The molecule has 21 heavy (non-hydrogen) atoms. The summed E-state index contributed by atoms with van der Waals surface area (Å²) in [7, 11) is 3.97. The fourth-order valence-electron chi connectivity index (χ4n) is 2.26. The molecule has 0 aliphatic heterocycles. The Bertz CT molecular complexity index is 570. The van der Waals surface area contributed by atoms with Gasteiger partial charge in [-0.2, -0.15) is 0 Å². The predicted octanol–water partition coefficient (Wildman–Crippen LogP) is 3.36. The van der Waals surface area contributed by atoms with Crippen LogP contribution < -0.4 is 5.32 Å². The van der Waals surface area contributed by atoms with Crippen molar-refractivity contribution < 1.29 is 8.78 Å². The van der Waals surface area contributed by atoms with Crippen LogP contribution >= 0.6 is 0 Å². The fraction of sp³-hybridized carbons (Fsp3) is 0.294. The van der Waals surface area contributed by atoms with Gasteiger partial charge in [-0.3, -0.25) is 0 Å². The Kier molecular flexibility index (Phi) is 5.42. The fourth-order valence-corrected chi connectivity index (χ4v) is 2.26. The molecule has 0 saturated heterocycles. The second-order valence-electron chi connectivity index (χ2n) is 5.32. The van der Waals surface area contributed by atoms with E-state index in [1.54, 1.807) is 6.07 Å². The van der Waals surface area contributed by atoms with E-state index in [1.165, 1.54) is 6.07 Å². The summed E-state index contributed by atoms with van der Waals surface area (Å²) in [5, 5.41) is 3.30.